The number of benzene rings is 1. The van der Waals surface area contributed by atoms with Crippen molar-refractivity contribution in [1.29, 1.82) is 0 Å². The normalized spacial score (nSPS) is 18.0. The molecule has 2 aromatic rings. The highest BCUT2D eigenvalue weighted by atomic mass is 32.2. The third-order valence-corrected chi connectivity index (χ3v) is 4.60. The monoisotopic (exact) mass is 306 g/mol. The van der Waals surface area contributed by atoms with E-state index in [2.05, 4.69) is 10.2 Å². The maximum absolute atomic E-state index is 11.7. The molecule has 1 saturated carbocycles. The predicted octanol–water partition coefficient (Wildman–Crippen LogP) is 0.958. The summed E-state index contributed by atoms with van der Waals surface area (Å²) in [6.45, 7) is 1.19. The summed E-state index contributed by atoms with van der Waals surface area (Å²) < 4.78 is 30.3. The van der Waals surface area contributed by atoms with Crippen LogP contribution in [0.15, 0.2) is 23.4 Å². The first-order valence-electron chi connectivity index (χ1n) is 6.71. The van der Waals surface area contributed by atoms with Gasteiger partial charge in [-0.1, -0.05) is 12.1 Å². The fourth-order valence-electron chi connectivity index (χ4n) is 2.64. The molecule has 0 atom stereocenters. The summed E-state index contributed by atoms with van der Waals surface area (Å²) >= 11 is 0. The number of hydrogen-bond donors (Lipinski definition) is 1. The van der Waals surface area contributed by atoms with E-state index in [0.717, 1.165) is 29.5 Å². The van der Waals surface area contributed by atoms with Gasteiger partial charge in [0.1, 0.15) is 0 Å². The van der Waals surface area contributed by atoms with E-state index in [1.807, 2.05) is 18.2 Å². The highest BCUT2D eigenvalue weighted by Crippen LogP contribution is 2.40. The summed E-state index contributed by atoms with van der Waals surface area (Å²) in [6, 6.07) is 6.01. The van der Waals surface area contributed by atoms with Crippen molar-refractivity contribution < 1.29 is 13.2 Å². The predicted molar refractivity (Wildman–Crippen MR) is 73.6 cm³/mol. The molecule has 0 amide bonds. The van der Waals surface area contributed by atoms with Gasteiger partial charge in [0.2, 0.25) is 0 Å². The number of ether oxygens (including phenoxy) is 1. The number of rotatable bonds is 3. The average Bonchev–Trinajstić information content (AvgIpc) is 3.01. The van der Waals surface area contributed by atoms with Crippen molar-refractivity contribution in [3.05, 3.63) is 29.3 Å². The van der Waals surface area contributed by atoms with Gasteiger partial charge in [-0.25, -0.2) is 13.6 Å². The Morgan fingerprint density at radius 3 is 2.67 bits per heavy atom. The van der Waals surface area contributed by atoms with Crippen LogP contribution in [0.4, 0.5) is 0 Å². The van der Waals surface area contributed by atoms with Gasteiger partial charge >= 0.3 is 0 Å². The third kappa shape index (κ3) is 2.15. The number of aromatic nitrogens is 3. The lowest BCUT2D eigenvalue weighted by atomic mass is 10.1. The fraction of sp³-hybridized carbons (Fsp3) is 0.385. The van der Waals surface area contributed by atoms with Gasteiger partial charge in [0.05, 0.1) is 13.2 Å². The van der Waals surface area contributed by atoms with E-state index in [4.69, 9.17) is 9.88 Å². The number of fused-ring (bicyclic) bond motifs is 1. The summed E-state index contributed by atoms with van der Waals surface area (Å²) in [5.41, 5.74) is 3.10. The second kappa shape index (κ2) is 4.36. The van der Waals surface area contributed by atoms with Gasteiger partial charge in [-0.15, -0.1) is 10.2 Å². The van der Waals surface area contributed by atoms with Crippen LogP contribution in [0.5, 0.6) is 0 Å². The van der Waals surface area contributed by atoms with Crippen molar-refractivity contribution >= 4 is 10.0 Å². The zero-order valence-electron chi connectivity index (χ0n) is 11.2. The minimum atomic E-state index is -3.87. The van der Waals surface area contributed by atoms with Gasteiger partial charge in [-0.3, -0.25) is 4.57 Å². The molecule has 2 N–H and O–H groups in total. The minimum Gasteiger partial charge on any atom is -0.372 e. The molecule has 0 radical (unpaired) electrons. The Hall–Kier alpha value is -1.77. The van der Waals surface area contributed by atoms with Gasteiger partial charge in [-0.2, -0.15) is 0 Å². The summed E-state index contributed by atoms with van der Waals surface area (Å²) in [4.78, 5) is 0. The molecule has 0 bridgehead atoms. The van der Waals surface area contributed by atoms with E-state index in [1.54, 1.807) is 4.57 Å². The van der Waals surface area contributed by atoms with Gasteiger partial charge < -0.3 is 4.74 Å². The number of nitrogens with zero attached hydrogens (tertiary/aromatic N) is 3. The van der Waals surface area contributed by atoms with Gasteiger partial charge in [0, 0.05) is 11.6 Å². The van der Waals surface area contributed by atoms with Crippen LogP contribution in [0.3, 0.4) is 0 Å². The standard InChI is InChI=1S/C13H14N4O3S/c14-21(18,19)13-16-15-12(17(13)11-3-4-11)8-1-2-9-6-20-7-10(9)5-8/h1-2,5,11H,3-4,6-7H2,(H2,14,18,19). The van der Waals surface area contributed by atoms with Crippen LogP contribution in [-0.2, 0) is 28.0 Å². The number of nitrogens with two attached hydrogens (primary N) is 1. The third-order valence-electron chi connectivity index (χ3n) is 3.81. The Kier molecular flexibility index (Phi) is 2.69. The van der Waals surface area contributed by atoms with Crippen LogP contribution in [0.1, 0.15) is 30.0 Å². The Balaban J connectivity index is 1.87. The van der Waals surface area contributed by atoms with E-state index >= 15 is 0 Å². The first-order chi connectivity index (χ1) is 10.0. The van der Waals surface area contributed by atoms with Crippen molar-refractivity contribution in [3.63, 3.8) is 0 Å². The maximum Gasteiger partial charge on any atom is 0.273 e. The summed E-state index contributed by atoms with van der Waals surface area (Å²) in [5.74, 6) is 0.552. The molecule has 7 nitrogen and oxygen atoms in total. The van der Waals surface area contributed by atoms with Crippen molar-refractivity contribution in [2.24, 2.45) is 5.14 Å². The van der Waals surface area contributed by atoms with Crippen LogP contribution < -0.4 is 5.14 Å². The second-order valence-electron chi connectivity index (χ2n) is 5.43. The van der Waals surface area contributed by atoms with Gasteiger partial charge in [0.25, 0.3) is 15.2 Å². The van der Waals surface area contributed by atoms with Crippen LogP contribution in [-0.4, -0.2) is 23.2 Å². The number of primary sulfonamides is 1. The lowest BCUT2D eigenvalue weighted by molar-refractivity contribution is 0.134. The molecule has 1 fully saturated rings. The van der Waals surface area contributed by atoms with Crippen LogP contribution in [0, 0.1) is 0 Å². The Labute approximate surface area is 121 Å². The highest BCUT2D eigenvalue weighted by molar-refractivity contribution is 7.89. The van der Waals surface area contributed by atoms with Crippen LogP contribution in [0.2, 0.25) is 0 Å². The summed E-state index contributed by atoms with van der Waals surface area (Å²) in [6.07, 6.45) is 1.84. The molecule has 2 heterocycles. The molecule has 21 heavy (non-hydrogen) atoms. The largest absolute Gasteiger partial charge is 0.372 e. The molecule has 1 aliphatic carbocycles. The molecule has 1 aromatic heterocycles. The molecule has 2 aliphatic rings. The van der Waals surface area contributed by atoms with E-state index in [-0.39, 0.29) is 11.2 Å². The molecular weight excluding hydrogens is 292 g/mol. The molecule has 0 unspecified atom stereocenters. The molecule has 1 aromatic carbocycles. The molecule has 110 valence electrons. The molecular formula is C13H14N4O3S. The van der Waals surface area contributed by atoms with E-state index < -0.39 is 10.0 Å². The SMILES string of the molecule is NS(=O)(=O)c1nnc(-c2ccc3c(c2)COC3)n1C1CC1. The zero-order chi connectivity index (χ0) is 14.6. The molecule has 8 heteroatoms. The highest BCUT2D eigenvalue weighted by Gasteiger charge is 2.33. The molecule has 4 rings (SSSR count). The van der Waals surface area contributed by atoms with Crippen molar-refractivity contribution in [2.45, 2.75) is 37.3 Å². The first-order valence-corrected chi connectivity index (χ1v) is 8.26. The fourth-order valence-corrected chi connectivity index (χ4v) is 3.31. The quantitative estimate of drug-likeness (QED) is 0.910. The van der Waals surface area contributed by atoms with Gasteiger partial charge in [-0.05, 0) is 30.0 Å². The molecule has 0 saturated heterocycles. The van der Waals surface area contributed by atoms with Crippen molar-refractivity contribution in [2.75, 3.05) is 0 Å². The maximum atomic E-state index is 11.7. The minimum absolute atomic E-state index is 0.118. The summed E-state index contributed by atoms with van der Waals surface area (Å²) in [7, 11) is -3.87. The van der Waals surface area contributed by atoms with E-state index in [9.17, 15) is 8.42 Å². The average molecular weight is 306 g/mol. The second-order valence-corrected chi connectivity index (χ2v) is 6.88. The summed E-state index contributed by atoms with van der Waals surface area (Å²) in [5, 5.41) is 12.9. The topological polar surface area (TPSA) is 100 Å². The lowest BCUT2D eigenvalue weighted by Gasteiger charge is -2.08. The van der Waals surface area contributed by atoms with E-state index in [1.165, 1.54) is 0 Å². The smallest absolute Gasteiger partial charge is 0.273 e. The first kappa shape index (κ1) is 12.9. The Morgan fingerprint density at radius 1 is 1.19 bits per heavy atom. The zero-order valence-corrected chi connectivity index (χ0v) is 12.0. The molecule has 1 aliphatic heterocycles. The number of sulfonamides is 1. The Morgan fingerprint density at radius 2 is 1.95 bits per heavy atom. The van der Waals surface area contributed by atoms with Gasteiger partial charge in [0.15, 0.2) is 5.82 Å². The van der Waals surface area contributed by atoms with Crippen molar-refractivity contribution in [3.8, 4) is 11.4 Å². The number of hydrogen-bond acceptors (Lipinski definition) is 5. The molecule has 0 spiro atoms. The lowest BCUT2D eigenvalue weighted by Crippen LogP contribution is -2.18. The van der Waals surface area contributed by atoms with Crippen LogP contribution in [0.25, 0.3) is 11.4 Å². The van der Waals surface area contributed by atoms with E-state index in [0.29, 0.717) is 19.0 Å². The van der Waals surface area contributed by atoms with Crippen molar-refractivity contribution in [1.82, 2.24) is 14.8 Å². The van der Waals surface area contributed by atoms with Crippen LogP contribution >= 0.6 is 0 Å². The Bertz CT molecular complexity index is 824.